The van der Waals surface area contributed by atoms with Gasteiger partial charge in [0.25, 0.3) is 0 Å². The molecule has 2 heterocycles. The maximum atomic E-state index is 5.23. The van der Waals surface area contributed by atoms with E-state index >= 15 is 0 Å². The number of aromatic nitrogens is 2. The van der Waals surface area contributed by atoms with E-state index in [9.17, 15) is 0 Å². The smallest absolute Gasteiger partial charge is 0.0715 e. The van der Waals surface area contributed by atoms with Gasteiger partial charge in [-0.1, -0.05) is 182 Å². The van der Waals surface area contributed by atoms with Gasteiger partial charge in [-0.25, -0.2) is 9.97 Å². The summed E-state index contributed by atoms with van der Waals surface area (Å²) in [5.41, 5.74) is 19.3. The molecule has 2 heteroatoms. The highest BCUT2D eigenvalue weighted by atomic mass is 14.7. The molecule has 0 saturated carbocycles. The molecule has 0 fully saturated rings. The molecule has 10 rings (SSSR count). The second-order valence-electron chi connectivity index (χ2n) is 15.0. The van der Waals surface area contributed by atoms with E-state index in [2.05, 4.69) is 243 Å². The second kappa shape index (κ2) is 16.5. The van der Waals surface area contributed by atoms with Crippen LogP contribution in [0, 0.1) is 0 Å². The Hall–Kier alpha value is -7.94. The lowest BCUT2D eigenvalue weighted by Gasteiger charge is -2.16. The molecule has 0 aliphatic rings. The number of hydrogen-bond acceptors (Lipinski definition) is 2. The van der Waals surface area contributed by atoms with Gasteiger partial charge in [0, 0.05) is 22.3 Å². The van der Waals surface area contributed by atoms with Gasteiger partial charge in [-0.05, 0) is 116 Å². The van der Waals surface area contributed by atoms with E-state index < -0.39 is 0 Å². The van der Waals surface area contributed by atoms with Crippen LogP contribution in [-0.4, -0.2) is 9.97 Å². The Morgan fingerprint density at radius 2 is 0.317 bits per heavy atom. The molecular formula is C58H40N2. The predicted octanol–water partition coefficient (Wildman–Crippen LogP) is 15.5. The highest BCUT2D eigenvalue weighted by Gasteiger charge is 2.16. The van der Waals surface area contributed by atoms with Crippen molar-refractivity contribution in [2.24, 2.45) is 0 Å². The minimum absolute atomic E-state index is 0.929. The normalized spacial score (nSPS) is 11.0. The molecule has 0 aliphatic carbocycles. The molecule has 0 saturated heterocycles. The summed E-state index contributed by atoms with van der Waals surface area (Å²) in [6.45, 7) is 0. The molecule has 10 aromatic rings. The average Bonchev–Trinajstić information content (AvgIpc) is 3.35. The highest BCUT2D eigenvalue weighted by molar-refractivity contribution is 5.88. The summed E-state index contributed by atoms with van der Waals surface area (Å²) >= 11 is 0. The second-order valence-corrected chi connectivity index (χ2v) is 15.0. The highest BCUT2D eigenvalue weighted by Crippen LogP contribution is 2.40. The summed E-state index contributed by atoms with van der Waals surface area (Å²) in [6, 6.07) is 86.2. The number of pyridine rings is 2. The first-order valence-electron chi connectivity index (χ1n) is 20.4. The predicted molar refractivity (Wildman–Crippen MR) is 251 cm³/mol. The minimum Gasteiger partial charge on any atom is -0.248 e. The third-order valence-electron chi connectivity index (χ3n) is 11.0. The van der Waals surface area contributed by atoms with Crippen LogP contribution >= 0.6 is 0 Å². The van der Waals surface area contributed by atoms with Gasteiger partial charge in [-0.2, -0.15) is 0 Å². The molecule has 2 nitrogen and oxygen atoms in total. The molecular weight excluding hydrogens is 725 g/mol. The van der Waals surface area contributed by atoms with E-state index in [4.69, 9.17) is 9.97 Å². The van der Waals surface area contributed by atoms with Crippen molar-refractivity contribution in [3.63, 3.8) is 0 Å². The molecule has 0 bridgehead atoms. The van der Waals surface area contributed by atoms with Crippen LogP contribution in [0.4, 0.5) is 0 Å². The van der Waals surface area contributed by atoms with E-state index in [0.29, 0.717) is 0 Å². The van der Waals surface area contributed by atoms with Gasteiger partial charge in [-0.15, -0.1) is 0 Å². The zero-order chi connectivity index (χ0) is 40.1. The van der Waals surface area contributed by atoms with E-state index in [1.807, 2.05) is 0 Å². The van der Waals surface area contributed by atoms with Crippen molar-refractivity contribution in [1.82, 2.24) is 9.97 Å². The van der Waals surface area contributed by atoms with Crippen molar-refractivity contribution in [3.8, 4) is 101 Å². The van der Waals surface area contributed by atoms with Crippen molar-refractivity contribution in [2.45, 2.75) is 0 Å². The Morgan fingerprint density at radius 3 is 0.533 bits per heavy atom. The van der Waals surface area contributed by atoms with Crippen LogP contribution in [-0.2, 0) is 0 Å². The third kappa shape index (κ3) is 7.83. The van der Waals surface area contributed by atoms with Gasteiger partial charge in [-0.3, -0.25) is 0 Å². The topological polar surface area (TPSA) is 25.8 Å². The van der Waals surface area contributed by atoms with E-state index in [-0.39, 0.29) is 0 Å². The first-order valence-corrected chi connectivity index (χ1v) is 20.4. The SMILES string of the molecule is c1ccc(-c2cc(-c3ccccc3)cc(-c3cc(-c4cc(-c5ccccc5)nc(-c5ccccc5)c4)cc(-c4cc(-c5ccccc5)nc(-c5ccccc5)c4)c3)c2)cc1. The zero-order valence-electron chi connectivity index (χ0n) is 33.0. The van der Waals surface area contributed by atoms with Crippen LogP contribution in [0.2, 0.25) is 0 Å². The first kappa shape index (κ1) is 36.4. The summed E-state index contributed by atoms with van der Waals surface area (Å²) in [5.74, 6) is 0. The lowest BCUT2D eigenvalue weighted by molar-refractivity contribution is 1.32. The van der Waals surface area contributed by atoms with Crippen molar-refractivity contribution in [1.29, 1.82) is 0 Å². The van der Waals surface area contributed by atoms with Crippen LogP contribution in [0.3, 0.4) is 0 Å². The standard InChI is InChI=1S/C58H40N2/c1-7-19-41(20-8-1)47-31-48(42-21-9-2-10-22-42)33-49(32-47)50-34-51(53-37-55(43-23-11-3-12-24-43)59-56(38-53)44-25-13-4-14-26-44)36-52(35-50)54-39-57(45-27-15-5-16-28-45)60-58(40-54)46-29-17-6-18-30-46/h1-40H. The Morgan fingerprint density at radius 1 is 0.150 bits per heavy atom. The van der Waals surface area contributed by atoms with Crippen LogP contribution in [0.15, 0.2) is 243 Å². The largest absolute Gasteiger partial charge is 0.248 e. The van der Waals surface area contributed by atoms with E-state index in [1.165, 1.54) is 22.3 Å². The fraction of sp³-hybridized carbons (Fsp3) is 0. The Balaban J connectivity index is 1.24. The van der Waals surface area contributed by atoms with Gasteiger partial charge in [0.15, 0.2) is 0 Å². The molecule has 282 valence electrons. The quantitative estimate of drug-likeness (QED) is 0.146. The van der Waals surface area contributed by atoms with E-state index in [0.717, 1.165) is 78.4 Å². The fourth-order valence-corrected chi connectivity index (χ4v) is 7.94. The molecule has 0 amide bonds. The molecule has 0 radical (unpaired) electrons. The van der Waals surface area contributed by atoms with Gasteiger partial charge in [0.05, 0.1) is 22.8 Å². The van der Waals surface area contributed by atoms with Crippen LogP contribution in [0.1, 0.15) is 0 Å². The van der Waals surface area contributed by atoms with Gasteiger partial charge in [0.1, 0.15) is 0 Å². The number of nitrogens with zero attached hydrogens (tertiary/aromatic N) is 2. The first-order chi connectivity index (χ1) is 29.7. The Labute approximate surface area is 351 Å². The molecule has 60 heavy (non-hydrogen) atoms. The maximum Gasteiger partial charge on any atom is 0.0715 e. The monoisotopic (exact) mass is 764 g/mol. The molecule has 2 aromatic heterocycles. The van der Waals surface area contributed by atoms with Crippen molar-refractivity contribution < 1.29 is 0 Å². The molecule has 0 aliphatic heterocycles. The molecule has 0 N–H and O–H groups in total. The summed E-state index contributed by atoms with van der Waals surface area (Å²) in [7, 11) is 0. The number of rotatable bonds is 9. The summed E-state index contributed by atoms with van der Waals surface area (Å²) in [4.78, 5) is 10.5. The van der Waals surface area contributed by atoms with Crippen molar-refractivity contribution >= 4 is 0 Å². The van der Waals surface area contributed by atoms with Gasteiger partial charge in [0.2, 0.25) is 0 Å². The summed E-state index contributed by atoms with van der Waals surface area (Å²) < 4.78 is 0. The Kier molecular flexibility index (Phi) is 10.0. The third-order valence-corrected chi connectivity index (χ3v) is 11.0. The van der Waals surface area contributed by atoms with Crippen LogP contribution in [0.25, 0.3) is 101 Å². The lowest BCUT2D eigenvalue weighted by Crippen LogP contribution is -1.94. The van der Waals surface area contributed by atoms with Crippen molar-refractivity contribution in [3.05, 3.63) is 243 Å². The van der Waals surface area contributed by atoms with Gasteiger partial charge < -0.3 is 0 Å². The summed E-state index contributed by atoms with van der Waals surface area (Å²) in [5, 5.41) is 0. The molecule has 0 unspecified atom stereocenters. The molecule has 8 aromatic carbocycles. The summed E-state index contributed by atoms with van der Waals surface area (Å²) in [6.07, 6.45) is 0. The van der Waals surface area contributed by atoms with E-state index in [1.54, 1.807) is 0 Å². The van der Waals surface area contributed by atoms with Crippen LogP contribution < -0.4 is 0 Å². The van der Waals surface area contributed by atoms with Crippen LogP contribution in [0.5, 0.6) is 0 Å². The average molecular weight is 765 g/mol. The fourth-order valence-electron chi connectivity index (χ4n) is 7.94. The van der Waals surface area contributed by atoms with Crippen molar-refractivity contribution in [2.75, 3.05) is 0 Å². The maximum absolute atomic E-state index is 5.23. The number of hydrogen-bond donors (Lipinski definition) is 0. The zero-order valence-corrected chi connectivity index (χ0v) is 33.0. The lowest BCUT2D eigenvalue weighted by atomic mass is 9.89. The van der Waals surface area contributed by atoms with Gasteiger partial charge >= 0.3 is 0 Å². The molecule has 0 atom stereocenters. The Bertz CT molecular complexity index is 2520. The number of benzene rings is 8. The molecule has 0 spiro atoms. The minimum atomic E-state index is 0.929.